The molecule has 2 aromatic carbocycles. The lowest BCUT2D eigenvalue weighted by Crippen LogP contribution is -1.70. The predicted molar refractivity (Wildman–Crippen MR) is 181 cm³/mol. The van der Waals surface area contributed by atoms with Crippen LogP contribution in [0.1, 0.15) is 11.1 Å². The first-order valence-corrected chi connectivity index (χ1v) is 17.9. The zero-order valence-electron chi connectivity index (χ0n) is 19.4. The fourth-order valence-corrected chi connectivity index (χ4v) is 13.9. The van der Waals surface area contributed by atoms with E-state index < -0.39 is 0 Å². The van der Waals surface area contributed by atoms with Gasteiger partial charge >= 0.3 is 0 Å². The van der Waals surface area contributed by atoms with Gasteiger partial charge in [0, 0.05) is 10.8 Å². The first-order chi connectivity index (χ1) is 18.3. The summed E-state index contributed by atoms with van der Waals surface area (Å²) in [6.07, 6.45) is 0. The van der Waals surface area contributed by atoms with Gasteiger partial charge in [-0.1, -0.05) is 12.1 Å². The number of rotatable bonds is 2. The molecule has 0 aliphatic rings. The first-order valence-electron chi connectivity index (χ1n) is 11.4. The number of benzene rings is 2. The van der Waals surface area contributed by atoms with Crippen molar-refractivity contribution in [3.63, 3.8) is 0 Å². The summed E-state index contributed by atoms with van der Waals surface area (Å²) in [7, 11) is 0. The zero-order valence-corrected chi connectivity index (χ0v) is 29.0. The lowest BCUT2D eigenvalue weighted by Gasteiger charge is -1.95. The minimum Gasteiger partial charge on any atom is -0.454 e. The van der Waals surface area contributed by atoms with Crippen LogP contribution >= 0.6 is 109 Å². The van der Waals surface area contributed by atoms with Gasteiger partial charge in [0.25, 0.3) is 0 Å². The molecule has 0 aliphatic carbocycles. The van der Waals surface area contributed by atoms with Crippen molar-refractivity contribution in [3.8, 4) is 21.3 Å². The predicted octanol–water partition coefficient (Wildman–Crippen LogP) is 13.9. The summed E-state index contributed by atoms with van der Waals surface area (Å²) in [4.78, 5) is 2.23. The highest BCUT2D eigenvalue weighted by Gasteiger charge is 2.27. The van der Waals surface area contributed by atoms with Gasteiger partial charge in [0.2, 0.25) is 0 Å². The third-order valence-electron chi connectivity index (χ3n) is 6.63. The Morgan fingerprint density at radius 2 is 0.895 bits per heavy atom. The summed E-state index contributed by atoms with van der Waals surface area (Å²) < 4.78 is 24.7. The molecule has 0 N–H and O–H groups in total. The highest BCUT2D eigenvalue weighted by molar-refractivity contribution is 9.11. The van der Waals surface area contributed by atoms with Gasteiger partial charge in [0.05, 0.1) is 55.8 Å². The van der Waals surface area contributed by atoms with E-state index in [1.54, 1.807) is 22.7 Å². The number of halogens is 4. The SMILES string of the molecule is Cc1ccc2c(Br)c(-c3sc4c(sc5c6sc(-c7oc8cc(C)ccc8c7Br)c(Br)c6sc45)c3Br)oc2c1. The molecule has 10 heteroatoms. The van der Waals surface area contributed by atoms with Crippen LogP contribution in [0, 0.1) is 13.8 Å². The quantitative estimate of drug-likeness (QED) is 0.174. The van der Waals surface area contributed by atoms with E-state index in [-0.39, 0.29) is 0 Å². The van der Waals surface area contributed by atoms with E-state index in [2.05, 4.69) is 114 Å². The molecule has 0 saturated carbocycles. The maximum Gasteiger partial charge on any atom is 0.160 e. The summed E-state index contributed by atoms with van der Waals surface area (Å²) in [5.41, 5.74) is 4.18. The molecule has 0 atom stereocenters. The van der Waals surface area contributed by atoms with Crippen LogP contribution in [0.3, 0.4) is 0 Å². The molecule has 0 fully saturated rings. The smallest absolute Gasteiger partial charge is 0.160 e. The number of thiophene rings is 4. The van der Waals surface area contributed by atoms with Crippen LogP contribution in [-0.4, -0.2) is 0 Å². The number of aryl methyl sites for hydroxylation is 2. The van der Waals surface area contributed by atoms with Crippen LogP contribution in [0.15, 0.2) is 63.1 Å². The molecule has 0 saturated heterocycles. The molecule has 6 aromatic heterocycles. The van der Waals surface area contributed by atoms with Gasteiger partial charge in [-0.05, 0) is 113 Å². The van der Waals surface area contributed by atoms with E-state index in [9.17, 15) is 0 Å². The highest BCUT2D eigenvalue weighted by Crippen LogP contribution is 2.58. The third-order valence-corrected chi connectivity index (χ3v) is 16.3. The normalized spacial score (nSPS) is 12.5. The van der Waals surface area contributed by atoms with Gasteiger partial charge in [-0.3, -0.25) is 0 Å². The molecule has 2 nitrogen and oxygen atoms in total. The first kappa shape index (κ1) is 24.8. The van der Waals surface area contributed by atoms with Crippen molar-refractivity contribution in [2.24, 2.45) is 0 Å². The number of furan rings is 2. The van der Waals surface area contributed by atoms with Crippen molar-refractivity contribution < 1.29 is 8.83 Å². The zero-order chi connectivity index (χ0) is 26.0. The van der Waals surface area contributed by atoms with Gasteiger partial charge in [-0.15, -0.1) is 45.3 Å². The topological polar surface area (TPSA) is 26.3 Å². The number of hydrogen-bond acceptors (Lipinski definition) is 6. The second-order valence-corrected chi connectivity index (χ2v) is 16.4. The summed E-state index contributed by atoms with van der Waals surface area (Å²) in [6, 6.07) is 12.7. The van der Waals surface area contributed by atoms with Crippen LogP contribution in [0.4, 0.5) is 0 Å². The third kappa shape index (κ3) is 3.41. The molecule has 8 rings (SSSR count). The maximum atomic E-state index is 6.35. The Kier molecular flexibility index (Phi) is 5.71. The van der Waals surface area contributed by atoms with Crippen molar-refractivity contribution in [1.82, 2.24) is 0 Å². The largest absolute Gasteiger partial charge is 0.454 e. The summed E-state index contributed by atoms with van der Waals surface area (Å²) in [5, 5.41) is 2.19. The van der Waals surface area contributed by atoms with Crippen LogP contribution < -0.4 is 0 Å². The Hall–Kier alpha value is -0.980. The molecular weight excluding hydrogens is 816 g/mol. The van der Waals surface area contributed by atoms with E-state index in [1.165, 1.54) is 39.3 Å². The Labute approximate surface area is 265 Å². The van der Waals surface area contributed by atoms with E-state index in [0.29, 0.717) is 0 Å². The van der Waals surface area contributed by atoms with Gasteiger partial charge in [0.15, 0.2) is 11.5 Å². The van der Waals surface area contributed by atoms with Crippen molar-refractivity contribution in [3.05, 3.63) is 65.4 Å². The molecule has 0 spiro atoms. The molecule has 8 aromatic rings. The fourth-order valence-electron chi connectivity index (χ4n) is 4.80. The Bertz CT molecular complexity index is 2110. The molecule has 188 valence electrons. The molecule has 0 radical (unpaired) electrons. The van der Waals surface area contributed by atoms with Crippen molar-refractivity contribution in [2.45, 2.75) is 13.8 Å². The van der Waals surface area contributed by atoms with Crippen molar-refractivity contribution in [2.75, 3.05) is 0 Å². The standard InChI is InChI=1S/C28H12Br4O2S4/c1-9-3-5-11-13(7-9)33-19(15(11)29)21-17(31)23-25(35-21)27-28(37-23)26-24(38-27)18(32)22(36-26)20-16(30)12-6-4-10(2)8-14(12)34-20/h3-8H,1-2H3. The van der Waals surface area contributed by atoms with Crippen LogP contribution in [0.25, 0.3) is 71.4 Å². The van der Waals surface area contributed by atoms with E-state index in [1.807, 2.05) is 22.7 Å². The minimum absolute atomic E-state index is 0.880. The summed E-state index contributed by atoms with van der Waals surface area (Å²) in [5.74, 6) is 1.76. The Morgan fingerprint density at radius 3 is 1.32 bits per heavy atom. The molecule has 0 bridgehead atoms. The Balaban J connectivity index is 1.31. The second kappa shape index (κ2) is 8.76. The van der Waals surface area contributed by atoms with E-state index in [4.69, 9.17) is 8.83 Å². The summed E-state index contributed by atoms with van der Waals surface area (Å²) >= 11 is 22.8. The average molecular weight is 828 g/mol. The highest BCUT2D eigenvalue weighted by atomic mass is 79.9. The van der Waals surface area contributed by atoms with E-state index in [0.717, 1.165) is 61.1 Å². The van der Waals surface area contributed by atoms with Crippen LogP contribution in [-0.2, 0) is 0 Å². The van der Waals surface area contributed by atoms with Gasteiger partial charge in [0.1, 0.15) is 11.2 Å². The number of fused-ring (bicyclic) bond motifs is 7. The van der Waals surface area contributed by atoms with Crippen LogP contribution in [0.2, 0.25) is 0 Å². The van der Waals surface area contributed by atoms with Crippen LogP contribution in [0.5, 0.6) is 0 Å². The number of hydrogen-bond donors (Lipinski definition) is 0. The lowest BCUT2D eigenvalue weighted by molar-refractivity contribution is 0.630. The lowest BCUT2D eigenvalue weighted by atomic mass is 10.2. The van der Waals surface area contributed by atoms with Crippen molar-refractivity contribution >= 4 is 159 Å². The van der Waals surface area contributed by atoms with Gasteiger partial charge in [-0.25, -0.2) is 0 Å². The van der Waals surface area contributed by atoms with Crippen molar-refractivity contribution in [1.29, 1.82) is 0 Å². The fraction of sp³-hybridized carbons (Fsp3) is 0.0714. The molecule has 0 aliphatic heterocycles. The van der Waals surface area contributed by atoms with Gasteiger partial charge < -0.3 is 8.83 Å². The molecule has 38 heavy (non-hydrogen) atoms. The molecular formula is C28H12Br4O2S4. The molecule has 0 unspecified atom stereocenters. The van der Waals surface area contributed by atoms with E-state index >= 15 is 0 Å². The molecule has 6 heterocycles. The minimum atomic E-state index is 0.880. The second-order valence-electron chi connectivity index (χ2n) is 9.16. The van der Waals surface area contributed by atoms with Gasteiger partial charge in [-0.2, -0.15) is 0 Å². The average Bonchev–Trinajstić information content (AvgIpc) is 3.69. The molecule has 0 amide bonds. The maximum absolute atomic E-state index is 6.35. The monoisotopic (exact) mass is 824 g/mol. The Morgan fingerprint density at radius 1 is 0.500 bits per heavy atom. The summed E-state index contributed by atoms with van der Waals surface area (Å²) in [6.45, 7) is 4.17.